The van der Waals surface area contributed by atoms with Crippen molar-refractivity contribution in [2.24, 2.45) is 0 Å². The summed E-state index contributed by atoms with van der Waals surface area (Å²) in [6.07, 6.45) is 3.65. The summed E-state index contributed by atoms with van der Waals surface area (Å²) in [4.78, 5) is 19.1. The molecule has 0 spiro atoms. The average molecular weight is 327 g/mol. The molecule has 118 valence electrons. The number of hydrogen-bond acceptors (Lipinski definition) is 5. The Balaban J connectivity index is 2.12. The normalized spacial score (nSPS) is 15.4. The molecule has 0 amide bonds. The van der Waals surface area contributed by atoms with Crippen LogP contribution in [0.4, 0.5) is 0 Å². The molecule has 0 saturated carbocycles. The predicted molar refractivity (Wildman–Crippen MR) is 89.8 cm³/mol. The van der Waals surface area contributed by atoms with E-state index in [0.717, 1.165) is 29.7 Å². The Kier molecular flexibility index (Phi) is 3.90. The average Bonchev–Trinajstić information content (AvgIpc) is 2.52. The lowest BCUT2D eigenvalue weighted by Crippen LogP contribution is -2.32. The Morgan fingerprint density at radius 2 is 2.22 bits per heavy atom. The maximum Gasteiger partial charge on any atom is 0.270 e. The number of nitrogens with zero attached hydrogens (tertiary/aromatic N) is 2. The monoisotopic (exact) mass is 327 g/mol. The van der Waals surface area contributed by atoms with Gasteiger partial charge in [0.05, 0.1) is 5.69 Å². The lowest BCUT2D eigenvalue weighted by molar-refractivity contribution is 0.0847. The highest BCUT2D eigenvalue weighted by Crippen LogP contribution is 2.35. The minimum absolute atomic E-state index is 0.0415. The highest BCUT2D eigenvalue weighted by atomic mass is 32.2. The number of ether oxygens (including phenoxy) is 1. The van der Waals surface area contributed by atoms with Gasteiger partial charge in [-0.3, -0.25) is 4.79 Å². The number of fused-ring (bicyclic) bond motifs is 1. The van der Waals surface area contributed by atoms with Gasteiger partial charge in [-0.25, -0.2) is 4.98 Å². The fourth-order valence-electron chi connectivity index (χ4n) is 2.67. The molecule has 0 fully saturated rings. The molecule has 1 aliphatic rings. The van der Waals surface area contributed by atoms with Gasteiger partial charge in [0, 0.05) is 5.56 Å². The molecule has 2 heterocycles. The number of benzene rings is 1. The maximum absolute atomic E-state index is 12.0. The lowest BCUT2D eigenvalue weighted by Gasteiger charge is -2.32. The van der Waals surface area contributed by atoms with E-state index in [-0.39, 0.29) is 11.2 Å². The van der Waals surface area contributed by atoms with Gasteiger partial charge in [0.15, 0.2) is 5.16 Å². The van der Waals surface area contributed by atoms with E-state index < -0.39 is 5.56 Å². The van der Waals surface area contributed by atoms with Crippen molar-refractivity contribution in [3.8, 4) is 23.1 Å². The maximum atomic E-state index is 12.0. The van der Waals surface area contributed by atoms with Crippen LogP contribution in [0.3, 0.4) is 0 Å². The minimum atomic E-state index is -0.406. The largest absolute Gasteiger partial charge is 0.488 e. The number of nitriles is 1. The Morgan fingerprint density at radius 1 is 1.43 bits per heavy atom. The zero-order chi connectivity index (χ0) is 16.6. The van der Waals surface area contributed by atoms with Gasteiger partial charge in [-0.05, 0) is 56.7 Å². The molecular weight excluding hydrogens is 310 g/mol. The molecule has 0 atom stereocenters. The van der Waals surface area contributed by atoms with Crippen LogP contribution in [0.2, 0.25) is 0 Å². The Morgan fingerprint density at radius 3 is 2.91 bits per heavy atom. The Labute approximate surface area is 138 Å². The minimum Gasteiger partial charge on any atom is -0.488 e. The summed E-state index contributed by atoms with van der Waals surface area (Å²) in [5.74, 6) is 0.860. The summed E-state index contributed by atoms with van der Waals surface area (Å²) < 4.78 is 5.98. The van der Waals surface area contributed by atoms with Gasteiger partial charge < -0.3 is 9.72 Å². The van der Waals surface area contributed by atoms with Crippen LogP contribution in [-0.2, 0) is 6.42 Å². The Bertz CT molecular complexity index is 865. The van der Waals surface area contributed by atoms with Crippen molar-refractivity contribution < 1.29 is 4.74 Å². The van der Waals surface area contributed by atoms with Gasteiger partial charge >= 0.3 is 0 Å². The van der Waals surface area contributed by atoms with Gasteiger partial charge in [0.1, 0.15) is 23.0 Å². The zero-order valence-corrected chi connectivity index (χ0v) is 14.1. The van der Waals surface area contributed by atoms with Crippen LogP contribution in [0, 0.1) is 11.3 Å². The van der Waals surface area contributed by atoms with E-state index in [9.17, 15) is 10.1 Å². The molecule has 0 aliphatic carbocycles. The first-order chi connectivity index (χ1) is 10.9. The second-order valence-corrected chi connectivity index (χ2v) is 6.89. The third-order valence-corrected chi connectivity index (χ3v) is 4.50. The first-order valence-corrected chi connectivity index (χ1v) is 8.57. The lowest BCUT2D eigenvalue weighted by atomic mass is 9.92. The van der Waals surface area contributed by atoms with Crippen molar-refractivity contribution >= 4 is 11.8 Å². The second-order valence-electron chi connectivity index (χ2n) is 6.09. The number of hydrogen-bond donors (Lipinski definition) is 1. The number of thioether (sulfide) groups is 1. The van der Waals surface area contributed by atoms with Crippen LogP contribution < -0.4 is 10.3 Å². The zero-order valence-electron chi connectivity index (χ0n) is 13.3. The second kappa shape index (κ2) is 5.74. The number of H-pyrrole nitrogens is 1. The van der Waals surface area contributed by atoms with E-state index in [1.54, 1.807) is 0 Å². The van der Waals surface area contributed by atoms with Crippen molar-refractivity contribution in [2.45, 2.75) is 37.4 Å². The molecule has 23 heavy (non-hydrogen) atoms. The number of aryl methyl sites for hydroxylation is 1. The number of aromatic nitrogens is 2. The molecule has 2 aromatic rings. The van der Waals surface area contributed by atoms with Crippen molar-refractivity contribution in [3.05, 3.63) is 39.7 Å². The highest BCUT2D eigenvalue weighted by Gasteiger charge is 2.27. The molecule has 1 aliphatic heterocycles. The molecule has 1 aromatic heterocycles. The summed E-state index contributed by atoms with van der Waals surface area (Å²) >= 11 is 1.34. The van der Waals surface area contributed by atoms with Crippen LogP contribution in [0.25, 0.3) is 11.3 Å². The number of aromatic amines is 1. The van der Waals surface area contributed by atoms with Crippen LogP contribution in [0.15, 0.2) is 28.2 Å². The molecule has 0 bridgehead atoms. The van der Waals surface area contributed by atoms with Crippen molar-refractivity contribution in [1.29, 1.82) is 5.26 Å². The summed E-state index contributed by atoms with van der Waals surface area (Å²) in [7, 11) is 0. The van der Waals surface area contributed by atoms with Crippen LogP contribution in [0.1, 0.15) is 31.4 Å². The van der Waals surface area contributed by atoms with Crippen molar-refractivity contribution in [1.82, 2.24) is 9.97 Å². The summed E-state index contributed by atoms with van der Waals surface area (Å²) in [6, 6.07) is 7.68. The summed E-state index contributed by atoms with van der Waals surface area (Å²) in [5, 5.41) is 9.79. The standard InChI is InChI=1S/C17H17N3O2S/c1-17(2)7-6-10-8-11(4-5-13(10)22-17)14-12(9-18)15(21)20-16(19-14)23-3/h4-5,8H,6-7H2,1-3H3,(H,19,20,21). The van der Waals surface area contributed by atoms with E-state index in [1.807, 2.05) is 30.5 Å². The molecule has 6 heteroatoms. The fourth-order valence-corrected chi connectivity index (χ4v) is 3.05. The van der Waals surface area contributed by atoms with E-state index >= 15 is 0 Å². The SMILES string of the molecule is CSc1nc(-c2ccc3c(c2)CCC(C)(C)O3)c(C#N)c(=O)[nH]1. The van der Waals surface area contributed by atoms with E-state index in [2.05, 4.69) is 23.8 Å². The molecule has 5 nitrogen and oxygen atoms in total. The molecule has 3 rings (SSSR count). The smallest absolute Gasteiger partial charge is 0.270 e. The fraction of sp³-hybridized carbons (Fsp3) is 0.353. The van der Waals surface area contributed by atoms with E-state index in [4.69, 9.17) is 4.74 Å². The van der Waals surface area contributed by atoms with Crippen LogP contribution in [0.5, 0.6) is 5.75 Å². The van der Waals surface area contributed by atoms with Crippen molar-refractivity contribution in [2.75, 3.05) is 6.26 Å². The van der Waals surface area contributed by atoms with Gasteiger partial charge in [-0.15, -0.1) is 0 Å². The third-order valence-electron chi connectivity index (χ3n) is 3.92. The summed E-state index contributed by atoms with van der Waals surface area (Å²) in [6.45, 7) is 4.14. The quantitative estimate of drug-likeness (QED) is 0.677. The number of rotatable bonds is 2. The topological polar surface area (TPSA) is 78.8 Å². The van der Waals surface area contributed by atoms with Crippen LogP contribution >= 0.6 is 11.8 Å². The molecule has 1 aromatic carbocycles. The number of nitrogens with one attached hydrogen (secondary N) is 1. The molecule has 0 radical (unpaired) electrons. The summed E-state index contributed by atoms with van der Waals surface area (Å²) in [5.41, 5.74) is 1.74. The third kappa shape index (κ3) is 2.97. The predicted octanol–water partition coefficient (Wildman–Crippen LogP) is 3.13. The molecule has 0 unspecified atom stereocenters. The molecule has 0 saturated heterocycles. The Hall–Kier alpha value is -2.26. The van der Waals surface area contributed by atoms with Gasteiger partial charge in [0.25, 0.3) is 5.56 Å². The highest BCUT2D eigenvalue weighted by molar-refractivity contribution is 7.98. The van der Waals surface area contributed by atoms with Gasteiger partial charge in [-0.1, -0.05) is 11.8 Å². The van der Waals surface area contributed by atoms with Gasteiger partial charge in [0.2, 0.25) is 0 Å². The van der Waals surface area contributed by atoms with Crippen LogP contribution in [-0.4, -0.2) is 21.8 Å². The molecule has 1 N–H and O–H groups in total. The van der Waals surface area contributed by atoms with E-state index in [0.29, 0.717) is 10.9 Å². The first kappa shape index (κ1) is 15.6. The van der Waals surface area contributed by atoms with E-state index in [1.165, 1.54) is 11.8 Å². The molecular formula is C17H17N3O2S. The van der Waals surface area contributed by atoms with Crippen molar-refractivity contribution in [3.63, 3.8) is 0 Å². The first-order valence-electron chi connectivity index (χ1n) is 7.34. The van der Waals surface area contributed by atoms with Gasteiger partial charge in [-0.2, -0.15) is 5.26 Å².